The summed E-state index contributed by atoms with van der Waals surface area (Å²) in [6.07, 6.45) is 5.58. The van der Waals surface area contributed by atoms with Crippen molar-refractivity contribution in [1.29, 1.82) is 0 Å². The Morgan fingerprint density at radius 1 is 1.50 bits per heavy atom. The number of fused-ring (bicyclic) bond motifs is 3. The minimum Gasteiger partial charge on any atom is -0.471 e. The zero-order valence-electron chi connectivity index (χ0n) is 11.0. The lowest BCUT2D eigenvalue weighted by molar-refractivity contribution is 0.00298. The van der Waals surface area contributed by atoms with Crippen molar-refractivity contribution >= 4 is 0 Å². The van der Waals surface area contributed by atoms with Gasteiger partial charge < -0.3 is 9.72 Å². The molecule has 1 N–H and O–H groups in total. The predicted molar refractivity (Wildman–Crippen MR) is 68.8 cm³/mol. The molecule has 0 bridgehead atoms. The van der Waals surface area contributed by atoms with Crippen LogP contribution in [0.5, 0.6) is 5.88 Å². The SMILES string of the molecule is CC1=CCC2C(C1)c1c(nc[nH]c1=O)OC2(C)C. The molecular weight excluding hydrogens is 228 g/mol. The molecule has 18 heavy (non-hydrogen) atoms. The second kappa shape index (κ2) is 3.70. The summed E-state index contributed by atoms with van der Waals surface area (Å²) >= 11 is 0. The molecule has 2 aliphatic rings. The Kier molecular flexibility index (Phi) is 2.37. The van der Waals surface area contributed by atoms with Crippen LogP contribution >= 0.6 is 0 Å². The molecule has 96 valence electrons. The summed E-state index contributed by atoms with van der Waals surface area (Å²) in [5.41, 5.74) is 1.76. The highest BCUT2D eigenvalue weighted by molar-refractivity contribution is 5.35. The van der Waals surface area contributed by atoms with Crippen molar-refractivity contribution in [3.63, 3.8) is 0 Å². The van der Waals surface area contributed by atoms with Crippen LogP contribution in [0.1, 0.15) is 45.1 Å². The summed E-state index contributed by atoms with van der Waals surface area (Å²) in [4.78, 5) is 18.9. The highest BCUT2D eigenvalue weighted by atomic mass is 16.5. The van der Waals surface area contributed by atoms with Gasteiger partial charge in [-0.3, -0.25) is 4.79 Å². The topological polar surface area (TPSA) is 55.0 Å². The number of aromatic nitrogens is 2. The number of rotatable bonds is 0. The Hall–Kier alpha value is -1.58. The van der Waals surface area contributed by atoms with Crippen molar-refractivity contribution in [2.24, 2.45) is 5.92 Å². The van der Waals surface area contributed by atoms with Crippen molar-refractivity contribution in [2.45, 2.75) is 45.1 Å². The smallest absolute Gasteiger partial charge is 0.258 e. The number of hydrogen-bond acceptors (Lipinski definition) is 3. The van der Waals surface area contributed by atoms with E-state index in [1.165, 1.54) is 11.9 Å². The molecule has 4 heteroatoms. The van der Waals surface area contributed by atoms with Gasteiger partial charge in [0.1, 0.15) is 5.60 Å². The molecule has 0 fully saturated rings. The van der Waals surface area contributed by atoms with E-state index >= 15 is 0 Å². The maximum atomic E-state index is 12.0. The van der Waals surface area contributed by atoms with Crippen molar-refractivity contribution in [2.75, 3.05) is 0 Å². The van der Waals surface area contributed by atoms with E-state index in [1.54, 1.807) is 0 Å². The Labute approximate surface area is 106 Å². The van der Waals surface area contributed by atoms with Gasteiger partial charge in [0.2, 0.25) is 5.88 Å². The highest BCUT2D eigenvalue weighted by Gasteiger charge is 2.46. The monoisotopic (exact) mass is 246 g/mol. The van der Waals surface area contributed by atoms with E-state index in [1.807, 2.05) is 0 Å². The van der Waals surface area contributed by atoms with Crippen LogP contribution in [-0.4, -0.2) is 15.6 Å². The van der Waals surface area contributed by atoms with Gasteiger partial charge in [0.05, 0.1) is 11.9 Å². The second-order valence-electron chi connectivity index (χ2n) is 5.86. The van der Waals surface area contributed by atoms with E-state index in [2.05, 4.69) is 36.8 Å². The average molecular weight is 246 g/mol. The molecular formula is C14H18N2O2. The van der Waals surface area contributed by atoms with E-state index in [0.717, 1.165) is 18.4 Å². The van der Waals surface area contributed by atoms with E-state index < -0.39 is 0 Å². The summed E-state index contributed by atoms with van der Waals surface area (Å²) in [5.74, 6) is 1.09. The van der Waals surface area contributed by atoms with Gasteiger partial charge in [-0.05, 0) is 33.6 Å². The number of allylic oxidation sites excluding steroid dienone is 2. The first-order valence-electron chi connectivity index (χ1n) is 6.41. The van der Waals surface area contributed by atoms with Crippen molar-refractivity contribution in [1.82, 2.24) is 9.97 Å². The third-order valence-electron chi connectivity index (χ3n) is 4.22. The third-order valence-corrected chi connectivity index (χ3v) is 4.22. The Bertz CT molecular complexity index is 571. The van der Waals surface area contributed by atoms with E-state index in [-0.39, 0.29) is 17.1 Å². The van der Waals surface area contributed by atoms with Crippen LogP contribution in [0.3, 0.4) is 0 Å². The first-order chi connectivity index (χ1) is 8.49. The fraction of sp³-hybridized carbons (Fsp3) is 0.571. The average Bonchev–Trinajstić information content (AvgIpc) is 2.27. The van der Waals surface area contributed by atoms with Gasteiger partial charge in [-0.2, -0.15) is 0 Å². The maximum absolute atomic E-state index is 12.0. The normalized spacial score (nSPS) is 28.7. The molecule has 0 radical (unpaired) electrons. The van der Waals surface area contributed by atoms with Crippen molar-refractivity contribution < 1.29 is 4.74 Å². The minimum absolute atomic E-state index is 0.0554. The molecule has 1 aromatic rings. The zero-order valence-corrected chi connectivity index (χ0v) is 11.0. The minimum atomic E-state index is -0.268. The maximum Gasteiger partial charge on any atom is 0.258 e. The van der Waals surface area contributed by atoms with Gasteiger partial charge >= 0.3 is 0 Å². The lowest BCUT2D eigenvalue weighted by atomic mass is 9.68. The van der Waals surface area contributed by atoms with E-state index in [9.17, 15) is 4.79 Å². The molecule has 1 aromatic heterocycles. The van der Waals surface area contributed by atoms with Crippen LogP contribution in [0.4, 0.5) is 0 Å². The standard InChI is InChI=1S/C14H18N2O2/c1-8-4-5-10-9(6-8)11-12(17)15-7-16-13(11)18-14(10,2)3/h4,7,9-10H,5-6H2,1-3H3,(H,15,16,17). The molecule has 0 saturated carbocycles. The summed E-state index contributed by atoms with van der Waals surface area (Å²) in [6, 6.07) is 0. The molecule has 4 nitrogen and oxygen atoms in total. The molecule has 1 aliphatic carbocycles. The highest BCUT2D eigenvalue weighted by Crippen LogP contribution is 2.48. The lowest BCUT2D eigenvalue weighted by Gasteiger charge is -2.45. The summed E-state index contributed by atoms with van der Waals surface area (Å²) in [6.45, 7) is 6.30. The zero-order chi connectivity index (χ0) is 12.9. The first kappa shape index (κ1) is 11.5. The van der Waals surface area contributed by atoms with E-state index in [0.29, 0.717) is 11.8 Å². The number of nitrogens with zero attached hydrogens (tertiary/aromatic N) is 1. The van der Waals surface area contributed by atoms with Crippen molar-refractivity contribution in [3.05, 3.63) is 33.9 Å². The van der Waals surface area contributed by atoms with Crippen LogP contribution < -0.4 is 10.3 Å². The molecule has 3 rings (SSSR count). The Morgan fingerprint density at radius 3 is 3.06 bits per heavy atom. The third kappa shape index (κ3) is 1.59. The van der Waals surface area contributed by atoms with Crippen LogP contribution in [-0.2, 0) is 0 Å². The molecule has 2 atom stereocenters. The molecule has 1 aliphatic heterocycles. The quantitative estimate of drug-likeness (QED) is 0.715. The van der Waals surface area contributed by atoms with Gasteiger partial charge in [-0.1, -0.05) is 11.6 Å². The predicted octanol–water partition coefficient (Wildman–Crippen LogP) is 2.38. The van der Waals surface area contributed by atoms with Crippen LogP contribution in [0.25, 0.3) is 0 Å². The summed E-state index contributed by atoms with van der Waals surface area (Å²) < 4.78 is 5.94. The second-order valence-corrected chi connectivity index (χ2v) is 5.86. The lowest BCUT2D eigenvalue weighted by Crippen LogP contribution is -2.47. The Balaban J connectivity index is 2.18. The number of aromatic amines is 1. The van der Waals surface area contributed by atoms with Crippen LogP contribution in [0, 0.1) is 5.92 Å². The molecule has 0 aromatic carbocycles. The van der Waals surface area contributed by atoms with E-state index in [4.69, 9.17) is 4.74 Å². The summed E-state index contributed by atoms with van der Waals surface area (Å²) in [5, 5.41) is 0. The van der Waals surface area contributed by atoms with Crippen molar-refractivity contribution in [3.8, 4) is 5.88 Å². The number of hydrogen-bond donors (Lipinski definition) is 1. The molecule has 0 amide bonds. The first-order valence-corrected chi connectivity index (χ1v) is 6.41. The number of ether oxygens (including phenoxy) is 1. The molecule has 2 unspecified atom stereocenters. The van der Waals surface area contributed by atoms with Crippen LogP contribution in [0.15, 0.2) is 22.8 Å². The van der Waals surface area contributed by atoms with Crippen LogP contribution in [0.2, 0.25) is 0 Å². The van der Waals surface area contributed by atoms with Gasteiger partial charge in [-0.25, -0.2) is 4.98 Å². The molecule has 0 saturated heterocycles. The van der Waals surface area contributed by atoms with Gasteiger partial charge in [0, 0.05) is 11.8 Å². The largest absolute Gasteiger partial charge is 0.471 e. The van der Waals surface area contributed by atoms with Gasteiger partial charge in [0.15, 0.2) is 0 Å². The van der Waals surface area contributed by atoms with Gasteiger partial charge in [0.25, 0.3) is 5.56 Å². The number of nitrogens with one attached hydrogen (secondary N) is 1. The summed E-state index contributed by atoms with van der Waals surface area (Å²) in [7, 11) is 0. The van der Waals surface area contributed by atoms with Gasteiger partial charge in [-0.15, -0.1) is 0 Å². The fourth-order valence-corrected chi connectivity index (χ4v) is 3.26. The fourth-order valence-electron chi connectivity index (χ4n) is 3.26. The molecule has 2 heterocycles. The number of H-pyrrole nitrogens is 1. The molecule has 0 spiro atoms. The Morgan fingerprint density at radius 2 is 2.28 bits per heavy atom.